The summed E-state index contributed by atoms with van der Waals surface area (Å²) in [6.07, 6.45) is 6.72. The van der Waals surface area contributed by atoms with Crippen LogP contribution >= 0.6 is 0 Å². The lowest BCUT2D eigenvalue weighted by Gasteiger charge is -2.32. The summed E-state index contributed by atoms with van der Waals surface area (Å²) in [6.45, 7) is 5.24. The molecule has 0 saturated carbocycles. The number of rotatable bonds is 10. The zero-order valence-corrected chi connectivity index (χ0v) is 18.1. The third-order valence-corrected chi connectivity index (χ3v) is 6.02. The Balaban J connectivity index is 1.33. The summed E-state index contributed by atoms with van der Waals surface area (Å²) in [7, 11) is 0. The molecule has 1 aliphatic rings. The van der Waals surface area contributed by atoms with Crippen LogP contribution < -0.4 is 5.32 Å². The van der Waals surface area contributed by atoms with Crippen molar-refractivity contribution in [3.63, 3.8) is 0 Å². The zero-order valence-electron chi connectivity index (χ0n) is 18.1. The van der Waals surface area contributed by atoms with Crippen LogP contribution in [-0.4, -0.2) is 36.2 Å². The Morgan fingerprint density at radius 1 is 0.967 bits per heavy atom. The molecule has 0 bridgehead atoms. The predicted octanol–water partition coefficient (Wildman–Crippen LogP) is 5.66. The summed E-state index contributed by atoms with van der Waals surface area (Å²) in [4.78, 5) is 26.3. The van der Waals surface area contributed by atoms with Gasteiger partial charge in [0, 0.05) is 24.1 Å². The smallest absolute Gasteiger partial charge is 0.224 e. The minimum atomic E-state index is 0.0624. The number of Topliss-reactive ketones (excluding diaryl/α,β-unsaturated/α-hetero) is 1. The van der Waals surface area contributed by atoms with Crippen molar-refractivity contribution in [1.29, 1.82) is 0 Å². The molecule has 0 atom stereocenters. The van der Waals surface area contributed by atoms with Gasteiger partial charge in [0.05, 0.1) is 0 Å². The van der Waals surface area contributed by atoms with E-state index >= 15 is 0 Å². The molecule has 160 valence electrons. The van der Waals surface area contributed by atoms with E-state index < -0.39 is 0 Å². The Hall–Kier alpha value is -2.46. The van der Waals surface area contributed by atoms with Gasteiger partial charge >= 0.3 is 0 Å². The van der Waals surface area contributed by atoms with E-state index in [4.69, 9.17) is 0 Å². The summed E-state index contributed by atoms with van der Waals surface area (Å²) >= 11 is 0. The minimum absolute atomic E-state index is 0.0624. The molecule has 0 aromatic heterocycles. The van der Waals surface area contributed by atoms with Crippen LogP contribution in [0.5, 0.6) is 0 Å². The van der Waals surface area contributed by atoms with Crippen LogP contribution in [0.2, 0.25) is 0 Å². The third-order valence-electron chi connectivity index (χ3n) is 6.02. The van der Waals surface area contributed by atoms with Crippen molar-refractivity contribution in [2.75, 3.05) is 25.0 Å². The highest BCUT2D eigenvalue weighted by molar-refractivity contribution is 5.95. The van der Waals surface area contributed by atoms with Crippen molar-refractivity contribution in [2.45, 2.75) is 57.8 Å². The molecule has 1 fully saturated rings. The molecule has 1 amide bonds. The van der Waals surface area contributed by atoms with Gasteiger partial charge in [0.1, 0.15) is 0 Å². The lowest BCUT2D eigenvalue weighted by Crippen LogP contribution is -2.33. The summed E-state index contributed by atoms with van der Waals surface area (Å²) < 4.78 is 0. The highest BCUT2D eigenvalue weighted by Crippen LogP contribution is 2.29. The highest BCUT2D eigenvalue weighted by atomic mass is 16.1. The van der Waals surface area contributed by atoms with Gasteiger partial charge in [0.15, 0.2) is 5.78 Å². The van der Waals surface area contributed by atoms with Crippen LogP contribution in [0.4, 0.5) is 5.69 Å². The van der Waals surface area contributed by atoms with E-state index in [2.05, 4.69) is 22.3 Å². The summed E-state index contributed by atoms with van der Waals surface area (Å²) in [6, 6.07) is 17.9. The second kappa shape index (κ2) is 11.7. The summed E-state index contributed by atoms with van der Waals surface area (Å²) in [5, 5.41) is 2.96. The number of hydrogen-bond donors (Lipinski definition) is 1. The maximum Gasteiger partial charge on any atom is 0.224 e. The second-order valence-corrected chi connectivity index (χ2v) is 8.24. The molecule has 0 radical (unpaired) electrons. The van der Waals surface area contributed by atoms with E-state index in [-0.39, 0.29) is 11.7 Å². The Labute approximate surface area is 180 Å². The van der Waals surface area contributed by atoms with Crippen LogP contribution in [0.15, 0.2) is 54.6 Å². The van der Waals surface area contributed by atoms with Crippen molar-refractivity contribution in [2.24, 2.45) is 0 Å². The maximum atomic E-state index is 12.1. The first-order valence-corrected chi connectivity index (χ1v) is 11.4. The molecular formula is C26H34N2O2. The van der Waals surface area contributed by atoms with Gasteiger partial charge in [-0.1, -0.05) is 55.8 Å². The van der Waals surface area contributed by atoms with E-state index in [0.717, 1.165) is 63.0 Å². The van der Waals surface area contributed by atoms with E-state index in [1.54, 1.807) is 0 Å². The lowest BCUT2D eigenvalue weighted by molar-refractivity contribution is -0.115. The predicted molar refractivity (Wildman–Crippen MR) is 123 cm³/mol. The lowest BCUT2D eigenvalue weighted by atomic mass is 9.89. The van der Waals surface area contributed by atoms with Crippen LogP contribution in [0.3, 0.4) is 0 Å². The number of piperidine rings is 1. The van der Waals surface area contributed by atoms with Gasteiger partial charge in [0.25, 0.3) is 0 Å². The first-order valence-electron chi connectivity index (χ1n) is 11.4. The molecule has 0 aliphatic carbocycles. The first kappa shape index (κ1) is 22.2. The molecule has 0 spiro atoms. The average molecular weight is 407 g/mol. The average Bonchev–Trinajstić information content (AvgIpc) is 2.80. The number of nitrogens with zero attached hydrogens (tertiary/aromatic N) is 1. The van der Waals surface area contributed by atoms with Crippen molar-refractivity contribution in [3.05, 3.63) is 65.7 Å². The molecule has 1 aliphatic heterocycles. The Morgan fingerprint density at radius 3 is 2.47 bits per heavy atom. The number of anilines is 1. The zero-order chi connectivity index (χ0) is 21.2. The van der Waals surface area contributed by atoms with Crippen LogP contribution in [0, 0.1) is 0 Å². The standard InChI is InChI=1S/C26H34N2O2/c1-2-26(30)27-24-13-9-12-23(20-24)21-15-18-28(19-16-21)17-8-4-7-14-25(29)22-10-5-3-6-11-22/h3,5-6,9-13,20-21H,2,4,7-8,14-19H2,1H3,(H,27,30). The van der Waals surface area contributed by atoms with Crippen molar-refractivity contribution in [3.8, 4) is 0 Å². The Kier molecular flexibility index (Phi) is 8.64. The van der Waals surface area contributed by atoms with Gasteiger partial charge < -0.3 is 10.2 Å². The molecule has 1 N–H and O–H groups in total. The van der Waals surface area contributed by atoms with Crippen molar-refractivity contribution >= 4 is 17.4 Å². The number of ketones is 1. The van der Waals surface area contributed by atoms with E-state index in [1.165, 1.54) is 5.56 Å². The minimum Gasteiger partial charge on any atom is -0.326 e. The van der Waals surface area contributed by atoms with Gasteiger partial charge in [-0.15, -0.1) is 0 Å². The van der Waals surface area contributed by atoms with E-state index in [0.29, 0.717) is 18.8 Å². The second-order valence-electron chi connectivity index (χ2n) is 8.24. The van der Waals surface area contributed by atoms with Gasteiger partial charge in [-0.05, 0) is 68.9 Å². The third kappa shape index (κ3) is 6.81. The Bertz CT molecular complexity index is 811. The van der Waals surface area contributed by atoms with Gasteiger partial charge in [-0.3, -0.25) is 9.59 Å². The molecule has 2 aromatic rings. The molecule has 30 heavy (non-hydrogen) atoms. The fourth-order valence-electron chi connectivity index (χ4n) is 4.18. The van der Waals surface area contributed by atoms with Gasteiger partial charge in [-0.2, -0.15) is 0 Å². The molecule has 4 nitrogen and oxygen atoms in total. The monoisotopic (exact) mass is 406 g/mol. The number of unbranched alkanes of at least 4 members (excludes halogenated alkanes) is 2. The fourth-order valence-corrected chi connectivity index (χ4v) is 4.18. The number of nitrogens with one attached hydrogen (secondary N) is 1. The van der Waals surface area contributed by atoms with Crippen molar-refractivity contribution in [1.82, 2.24) is 4.90 Å². The SMILES string of the molecule is CCC(=O)Nc1cccc(C2CCN(CCCCCC(=O)c3ccccc3)CC2)c1. The topological polar surface area (TPSA) is 49.4 Å². The quantitative estimate of drug-likeness (QED) is 0.409. The molecular weight excluding hydrogens is 372 g/mol. The summed E-state index contributed by atoms with van der Waals surface area (Å²) in [5.74, 6) is 0.893. The normalized spacial score (nSPS) is 15.1. The highest BCUT2D eigenvalue weighted by Gasteiger charge is 2.20. The number of carbonyl (C=O) groups excluding carboxylic acids is 2. The first-order chi connectivity index (χ1) is 14.7. The van der Waals surface area contributed by atoms with Crippen molar-refractivity contribution < 1.29 is 9.59 Å². The fraction of sp³-hybridized carbons (Fsp3) is 0.462. The number of hydrogen-bond acceptors (Lipinski definition) is 3. The molecule has 1 heterocycles. The van der Waals surface area contributed by atoms with Gasteiger partial charge in [0.2, 0.25) is 5.91 Å². The molecule has 4 heteroatoms. The molecule has 3 rings (SSSR count). The molecule has 1 saturated heterocycles. The summed E-state index contributed by atoms with van der Waals surface area (Å²) in [5.41, 5.74) is 3.08. The largest absolute Gasteiger partial charge is 0.326 e. The number of carbonyl (C=O) groups is 2. The van der Waals surface area contributed by atoms with E-state index in [1.807, 2.05) is 49.4 Å². The number of amides is 1. The van der Waals surface area contributed by atoms with Crippen LogP contribution in [0.25, 0.3) is 0 Å². The number of likely N-dealkylation sites (tertiary alicyclic amines) is 1. The van der Waals surface area contributed by atoms with Crippen LogP contribution in [0.1, 0.15) is 73.7 Å². The van der Waals surface area contributed by atoms with Gasteiger partial charge in [-0.25, -0.2) is 0 Å². The maximum absolute atomic E-state index is 12.1. The number of benzene rings is 2. The van der Waals surface area contributed by atoms with Crippen LogP contribution in [-0.2, 0) is 4.79 Å². The van der Waals surface area contributed by atoms with E-state index in [9.17, 15) is 9.59 Å². The molecule has 0 unspecified atom stereocenters. The molecule has 2 aromatic carbocycles. The Morgan fingerprint density at radius 2 is 1.73 bits per heavy atom.